The Hall–Kier alpha value is -1.89. The molecule has 1 atom stereocenters. The van der Waals surface area contributed by atoms with Gasteiger partial charge in [-0.05, 0) is 79.7 Å². The van der Waals surface area contributed by atoms with Crippen molar-refractivity contribution in [1.82, 2.24) is 4.90 Å². The lowest BCUT2D eigenvalue weighted by atomic mass is 9.99. The Kier molecular flexibility index (Phi) is 8.09. The minimum Gasteiger partial charge on any atom is -0.399 e. The number of hydrogen-bond acceptors (Lipinski definition) is 6. The van der Waals surface area contributed by atoms with Gasteiger partial charge >= 0.3 is 0 Å². The first-order valence-electron chi connectivity index (χ1n) is 10.5. The second kappa shape index (κ2) is 10.8. The van der Waals surface area contributed by atoms with E-state index in [0.717, 1.165) is 43.9 Å². The van der Waals surface area contributed by atoms with Gasteiger partial charge in [-0.2, -0.15) is 11.3 Å². The summed E-state index contributed by atoms with van der Waals surface area (Å²) < 4.78 is 0. The zero-order valence-corrected chi connectivity index (χ0v) is 18.7. The monoisotopic (exact) mass is 414 g/mol. The van der Waals surface area contributed by atoms with E-state index in [1.165, 1.54) is 24.1 Å². The van der Waals surface area contributed by atoms with Gasteiger partial charge < -0.3 is 20.4 Å². The first-order chi connectivity index (χ1) is 14.1. The van der Waals surface area contributed by atoms with Crippen molar-refractivity contribution >= 4 is 22.7 Å². The van der Waals surface area contributed by atoms with Crippen LogP contribution in [0.3, 0.4) is 0 Å². The van der Waals surface area contributed by atoms with Gasteiger partial charge in [0.05, 0.1) is 5.71 Å². The molecule has 29 heavy (non-hydrogen) atoms. The van der Waals surface area contributed by atoms with Crippen LogP contribution in [0.5, 0.6) is 0 Å². The number of thiophene rings is 1. The van der Waals surface area contributed by atoms with Crippen LogP contribution >= 0.6 is 11.3 Å². The predicted octanol–water partition coefficient (Wildman–Crippen LogP) is 4.33. The molecule has 0 amide bonds. The molecule has 2 aromatic rings. The molecule has 158 valence electrons. The van der Waals surface area contributed by atoms with E-state index in [9.17, 15) is 0 Å². The lowest BCUT2D eigenvalue weighted by Crippen LogP contribution is -2.47. The highest BCUT2D eigenvalue weighted by Crippen LogP contribution is 2.28. The van der Waals surface area contributed by atoms with Crippen LogP contribution < -0.4 is 10.6 Å². The molecule has 2 N–H and O–H groups in total. The van der Waals surface area contributed by atoms with Crippen LogP contribution in [0.15, 0.2) is 46.2 Å². The molecule has 3 rings (SSSR count). The summed E-state index contributed by atoms with van der Waals surface area (Å²) in [4.78, 5) is 10.1. The average molecular weight is 415 g/mol. The average Bonchev–Trinajstić information content (AvgIpc) is 3.26. The van der Waals surface area contributed by atoms with Crippen molar-refractivity contribution in [2.45, 2.75) is 51.7 Å². The minimum absolute atomic E-state index is 0.552. The Morgan fingerprint density at radius 1 is 1.28 bits per heavy atom. The minimum atomic E-state index is 0.552. The Bertz CT molecular complexity index is 752. The third kappa shape index (κ3) is 5.81. The van der Waals surface area contributed by atoms with Crippen molar-refractivity contribution < 1.29 is 4.84 Å². The second-order valence-electron chi connectivity index (χ2n) is 7.86. The fourth-order valence-corrected chi connectivity index (χ4v) is 4.82. The van der Waals surface area contributed by atoms with Crippen molar-refractivity contribution in [3.05, 3.63) is 52.2 Å². The van der Waals surface area contributed by atoms with E-state index in [4.69, 9.17) is 10.6 Å². The SMILES string of the molecule is CON=C(C)c1ccc(N(Cc2ccsc2)C2CCN([C@H](C)CCN)CC2)cc1. The molecular formula is C23H34N4OS. The van der Waals surface area contributed by atoms with Gasteiger partial charge in [-0.1, -0.05) is 17.3 Å². The fourth-order valence-electron chi connectivity index (χ4n) is 4.16. The number of piperidine rings is 1. The quantitative estimate of drug-likeness (QED) is 0.490. The third-order valence-electron chi connectivity index (χ3n) is 5.93. The van der Waals surface area contributed by atoms with Crippen LogP contribution in [0.2, 0.25) is 0 Å². The van der Waals surface area contributed by atoms with Gasteiger partial charge in [-0.3, -0.25) is 0 Å². The van der Waals surface area contributed by atoms with Gasteiger partial charge in [0.25, 0.3) is 0 Å². The van der Waals surface area contributed by atoms with Crippen LogP contribution in [0.1, 0.15) is 44.2 Å². The lowest BCUT2D eigenvalue weighted by molar-refractivity contribution is 0.154. The van der Waals surface area contributed by atoms with Crippen LogP contribution in [0.4, 0.5) is 5.69 Å². The van der Waals surface area contributed by atoms with Crippen molar-refractivity contribution in [3.8, 4) is 0 Å². The number of anilines is 1. The fraction of sp³-hybridized carbons (Fsp3) is 0.522. The summed E-state index contributed by atoms with van der Waals surface area (Å²) in [6.45, 7) is 8.28. The van der Waals surface area contributed by atoms with Gasteiger partial charge in [0.15, 0.2) is 0 Å². The number of hydrogen-bond donors (Lipinski definition) is 1. The topological polar surface area (TPSA) is 54.1 Å². The lowest BCUT2D eigenvalue weighted by Gasteiger charge is -2.41. The smallest absolute Gasteiger partial charge is 0.106 e. The van der Waals surface area contributed by atoms with Crippen molar-refractivity contribution in [1.29, 1.82) is 0 Å². The molecule has 1 aliphatic rings. The van der Waals surface area contributed by atoms with Crippen LogP contribution in [-0.4, -0.2) is 49.4 Å². The highest BCUT2D eigenvalue weighted by atomic mass is 32.1. The molecule has 5 nitrogen and oxygen atoms in total. The van der Waals surface area contributed by atoms with E-state index >= 15 is 0 Å². The molecule has 6 heteroatoms. The molecule has 1 saturated heterocycles. The van der Waals surface area contributed by atoms with Crippen LogP contribution in [0, 0.1) is 0 Å². The molecule has 0 saturated carbocycles. The third-order valence-corrected chi connectivity index (χ3v) is 6.66. The number of benzene rings is 1. The molecule has 1 aromatic carbocycles. The normalized spacial score (nSPS) is 17.3. The summed E-state index contributed by atoms with van der Waals surface area (Å²) in [6, 6.07) is 12.1. The van der Waals surface area contributed by atoms with Crippen molar-refractivity contribution in [2.75, 3.05) is 31.6 Å². The van der Waals surface area contributed by atoms with Gasteiger partial charge in [0, 0.05) is 37.4 Å². The van der Waals surface area contributed by atoms with Gasteiger partial charge in [0.1, 0.15) is 7.11 Å². The number of nitrogens with two attached hydrogens (primary N) is 1. The molecular weight excluding hydrogens is 380 g/mol. The summed E-state index contributed by atoms with van der Waals surface area (Å²) in [7, 11) is 1.58. The predicted molar refractivity (Wildman–Crippen MR) is 124 cm³/mol. The molecule has 0 unspecified atom stereocenters. The Morgan fingerprint density at radius 3 is 2.59 bits per heavy atom. The van der Waals surface area contributed by atoms with Crippen LogP contribution in [0.25, 0.3) is 0 Å². The van der Waals surface area contributed by atoms with Gasteiger partial charge in [0.2, 0.25) is 0 Å². The van der Waals surface area contributed by atoms with Gasteiger partial charge in [-0.25, -0.2) is 0 Å². The highest BCUT2D eigenvalue weighted by molar-refractivity contribution is 7.07. The molecule has 1 aliphatic heterocycles. The molecule has 0 radical (unpaired) electrons. The van der Waals surface area contributed by atoms with E-state index in [0.29, 0.717) is 12.1 Å². The summed E-state index contributed by atoms with van der Waals surface area (Å²) in [6.07, 6.45) is 3.45. The van der Waals surface area contributed by atoms with E-state index in [2.05, 4.69) is 63.0 Å². The zero-order valence-electron chi connectivity index (χ0n) is 17.9. The second-order valence-corrected chi connectivity index (χ2v) is 8.64. The number of nitrogens with zero attached hydrogens (tertiary/aromatic N) is 3. The Labute approximate surface area is 179 Å². The summed E-state index contributed by atoms with van der Waals surface area (Å²) in [5.74, 6) is 0. The Morgan fingerprint density at radius 2 is 2.00 bits per heavy atom. The van der Waals surface area contributed by atoms with E-state index < -0.39 is 0 Å². The standard InChI is InChI=1S/C23H34N4OS/c1-18(8-12-24)26-13-9-23(10-14-26)27(16-20-11-15-29-17-20)22-6-4-21(5-7-22)19(2)25-28-3/h4-7,11,15,17-18,23H,8-10,12-14,16,24H2,1-3H3/t18-/m1/s1. The first-order valence-corrected chi connectivity index (χ1v) is 11.5. The number of oxime groups is 1. The molecule has 0 aliphatic carbocycles. The van der Waals surface area contributed by atoms with Gasteiger partial charge in [-0.15, -0.1) is 0 Å². The molecule has 1 aromatic heterocycles. The summed E-state index contributed by atoms with van der Waals surface area (Å²) in [5, 5.41) is 8.47. The highest BCUT2D eigenvalue weighted by Gasteiger charge is 2.27. The van der Waals surface area contributed by atoms with Crippen LogP contribution in [-0.2, 0) is 11.4 Å². The van der Waals surface area contributed by atoms with E-state index in [1.54, 1.807) is 18.4 Å². The molecule has 2 heterocycles. The zero-order chi connectivity index (χ0) is 20.6. The Balaban J connectivity index is 1.74. The maximum Gasteiger partial charge on any atom is 0.106 e. The summed E-state index contributed by atoms with van der Waals surface area (Å²) in [5.41, 5.74) is 10.4. The van der Waals surface area contributed by atoms with E-state index in [1.807, 2.05) is 6.92 Å². The van der Waals surface area contributed by atoms with Crippen molar-refractivity contribution in [3.63, 3.8) is 0 Å². The maximum absolute atomic E-state index is 5.77. The number of rotatable bonds is 9. The molecule has 0 bridgehead atoms. The largest absolute Gasteiger partial charge is 0.399 e. The number of likely N-dealkylation sites (tertiary alicyclic amines) is 1. The van der Waals surface area contributed by atoms with Crippen molar-refractivity contribution in [2.24, 2.45) is 10.9 Å². The van der Waals surface area contributed by atoms with E-state index in [-0.39, 0.29) is 0 Å². The molecule has 1 fully saturated rings. The molecule has 0 spiro atoms. The first kappa shape index (κ1) is 21.8. The maximum atomic E-state index is 5.77. The summed E-state index contributed by atoms with van der Waals surface area (Å²) >= 11 is 1.77.